The second-order valence-electron chi connectivity index (χ2n) is 8.91. The third-order valence-electron chi connectivity index (χ3n) is 6.71. The maximum atomic E-state index is 12.6. The van der Waals surface area contributed by atoms with Crippen LogP contribution in [0.25, 0.3) is 0 Å². The molecule has 3 aromatic rings. The summed E-state index contributed by atoms with van der Waals surface area (Å²) in [5, 5.41) is 6.91. The van der Waals surface area contributed by atoms with Gasteiger partial charge >= 0.3 is 0 Å². The standard InChI is InChI=1S/C28H28N2O/c1-17-14-18(2)26(19(3)15-17)27-23-11-7-10-22(23)24-16-21(12-13-25(24)30-27)29-28(31)20-8-5-4-6-9-20/h4-10,12-16,22-23,27,30H,11H2,1-3H3,(H,29,31). The summed E-state index contributed by atoms with van der Waals surface area (Å²) in [5.74, 6) is 0.759. The van der Waals surface area contributed by atoms with Crippen molar-refractivity contribution in [2.24, 2.45) is 5.92 Å². The molecule has 5 rings (SSSR count). The van der Waals surface area contributed by atoms with Gasteiger partial charge in [0.15, 0.2) is 0 Å². The first-order valence-corrected chi connectivity index (χ1v) is 11.0. The highest BCUT2D eigenvalue weighted by molar-refractivity contribution is 6.04. The number of benzene rings is 3. The van der Waals surface area contributed by atoms with Gasteiger partial charge in [0.25, 0.3) is 5.91 Å². The van der Waals surface area contributed by atoms with Crippen LogP contribution in [0, 0.1) is 26.7 Å². The largest absolute Gasteiger partial charge is 0.378 e. The van der Waals surface area contributed by atoms with Crippen molar-refractivity contribution in [2.45, 2.75) is 39.2 Å². The molecule has 2 N–H and O–H groups in total. The first-order valence-electron chi connectivity index (χ1n) is 11.0. The third-order valence-corrected chi connectivity index (χ3v) is 6.71. The molecule has 0 radical (unpaired) electrons. The Morgan fingerprint density at radius 3 is 2.45 bits per heavy atom. The van der Waals surface area contributed by atoms with Crippen LogP contribution < -0.4 is 10.6 Å². The highest BCUT2D eigenvalue weighted by Crippen LogP contribution is 2.51. The lowest BCUT2D eigenvalue weighted by atomic mass is 9.75. The van der Waals surface area contributed by atoms with Crippen molar-refractivity contribution in [2.75, 3.05) is 10.6 Å². The molecule has 3 nitrogen and oxygen atoms in total. The minimum Gasteiger partial charge on any atom is -0.378 e. The van der Waals surface area contributed by atoms with Gasteiger partial charge in [0.1, 0.15) is 0 Å². The number of anilines is 2. The van der Waals surface area contributed by atoms with Crippen LogP contribution in [0.5, 0.6) is 0 Å². The van der Waals surface area contributed by atoms with Gasteiger partial charge in [-0.25, -0.2) is 0 Å². The van der Waals surface area contributed by atoms with Gasteiger partial charge in [0.05, 0.1) is 6.04 Å². The number of carbonyl (C=O) groups excluding carboxylic acids is 1. The number of hydrogen-bond donors (Lipinski definition) is 2. The molecular formula is C28H28N2O. The molecule has 3 unspecified atom stereocenters. The van der Waals surface area contributed by atoms with Crippen LogP contribution in [0.3, 0.4) is 0 Å². The van der Waals surface area contributed by atoms with E-state index in [-0.39, 0.29) is 11.9 Å². The van der Waals surface area contributed by atoms with Crippen molar-refractivity contribution in [3.63, 3.8) is 0 Å². The predicted octanol–water partition coefficient (Wildman–Crippen LogP) is 6.69. The highest BCUT2D eigenvalue weighted by Gasteiger charge is 2.39. The summed E-state index contributed by atoms with van der Waals surface area (Å²) in [6.07, 6.45) is 5.72. The molecule has 3 aromatic carbocycles. The summed E-state index contributed by atoms with van der Waals surface area (Å²) in [4.78, 5) is 12.6. The van der Waals surface area contributed by atoms with Crippen molar-refractivity contribution in [3.05, 3.63) is 106 Å². The Kier molecular flexibility index (Phi) is 4.90. The van der Waals surface area contributed by atoms with Crippen LogP contribution in [0.1, 0.15) is 56.6 Å². The molecule has 0 saturated heterocycles. The van der Waals surface area contributed by atoms with E-state index in [2.05, 4.69) is 67.8 Å². The molecule has 156 valence electrons. The summed E-state index contributed by atoms with van der Waals surface area (Å²) >= 11 is 0. The molecule has 1 aliphatic carbocycles. The molecule has 1 heterocycles. The van der Waals surface area contributed by atoms with E-state index in [9.17, 15) is 4.79 Å². The SMILES string of the molecule is Cc1cc(C)c(C2Nc3ccc(NC(=O)c4ccccc4)cc3C3C=CCC32)c(C)c1. The number of aryl methyl sites for hydroxylation is 3. The first kappa shape index (κ1) is 19.6. The molecular weight excluding hydrogens is 380 g/mol. The lowest BCUT2D eigenvalue weighted by Crippen LogP contribution is -2.30. The molecule has 0 fully saturated rings. The average Bonchev–Trinajstić information content (AvgIpc) is 3.24. The zero-order valence-corrected chi connectivity index (χ0v) is 18.3. The van der Waals surface area contributed by atoms with E-state index in [1.807, 2.05) is 36.4 Å². The average molecular weight is 409 g/mol. The molecule has 2 aliphatic rings. The summed E-state index contributed by atoms with van der Waals surface area (Å²) in [6.45, 7) is 6.62. The van der Waals surface area contributed by atoms with Crippen LogP contribution in [0.2, 0.25) is 0 Å². The Morgan fingerprint density at radius 2 is 1.71 bits per heavy atom. The summed E-state index contributed by atoms with van der Waals surface area (Å²) in [6, 6.07) is 20.5. The fourth-order valence-electron chi connectivity index (χ4n) is 5.43. The molecule has 1 aliphatic heterocycles. The normalized spacial score (nSPS) is 21.2. The van der Waals surface area contributed by atoms with Gasteiger partial charge in [-0.2, -0.15) is 0 Å². The smallest absolute Gasteiger partial charge is 0.255 e. The molecule has 31 heavy (non-hydrogen) atoms. The maximum Gasteiger partial charge on any atom is 0.255 e. The monoisotopic (exact) mass is 408 g/mol. The summed E-state index contributed by atoms with van der Waals surface area (Å²) < 4.78 is 0. The fourth-order valence-corrected chi connectivity index (χ4v) is 5.43. The van der Waals surface area contributed by atoms with Gasteiger partial charge in [-0.15, -0.1) is 0 Å². The van der Waals surface area contributed by atoms with Gasteiger partial charge in [-0.1, -0.05) is 48.0 Å². The summed E-state index contributed by atoms with van der Waals surface area (Å²) in [5.41, 5.74) is 9.40. The zero-order valence-electron chi connectivity index (χ0n) is 18.3. The van der Waals surface area contributed by atoms with Gasteiger partial charge in [-0.3, -0.25) is 4.79 Å². The van der Waals surface area contributed by atoms with Crippen LogP contribution >= 0.6 is 0 Å². The number of hydrogen-bond acceptors (Lipinski definition) is 2. The predicted molar refractivity (Wildman–Crippen MR) is 128 cm³/mol. The van der Waals surface area contributed by atoms with Crippen LogP contribution in [-0.4, -0.2) is 5.91 Å². The molecule has 0 aromatic heterocycles. The number of fused-ring (bicyclic) bond motifs is 3. The number of nitrogens with one attached hydrogen (secondary N) is 2. The van der Waals surface area contributed by atoms with E-state index < -0.39 is 0 Å². The zero-order chi connectivity index (χ0) is 21.5. The van der Waals surface area contributed by atoms with Gasteiger partial charge in [0, 0.05) is 22.9 Å². The second-order valence-corrected chi connectivity index (χ2v) is 8.91. The summed E-state index contributed by atoms with van der Waals surface area (Å²) in [7, 11) is 0. The Morgan fingerprint density at radius 1 is 0.968 bits per heavy atom. The molecule has 3 heteroatoms. The molecule has 0 bridgehead atoms. The molecule has 0 saturated carbocycles. The van der Waals surface area contributed by atoms with Gasteiger partial charge < -0.3 is 10.6 Å². The van der Waals surface area contributed by atoms with Crippen molar-refractivity contribution in [1.82, 2.24) is 0 Å². The topological polar surface area (TPSA) is 41.1 Å². The minimum absolute atomic E-state index is 0.0772. The van der Waals surface area contributed by atoms with Gasteiger partial charge in [-0.05, 0) is 85.7 Å². The van der Waals surface area contributed by atoms with E-state index in [1.165, 1.54) is 27.8 Å². The Bertz CT molecular complexity index is 1160. The quantitative estimate of drug-likeness (QED) is 0.474. The first-order chi connectivity index (χ1) is 15.0. The van der Waals surface area contributed by atoms with E-state index in [4.69, 9.17) is 0 Å². The molecule has 1 amide bonds. The van der Waals surface area contributed by atoms with E-state index >= 15 is 0 Å². The lowest BCUT2D eigenvalue weighted by Gasteiger charge is -2.39. The van der Waals surface area contributed by atoms with Crippen LogP contribution in [-0.2, 0) is 0 Å². The number of rotatable bonds is 3. The van der Waals surface area contributed by atoms with E-state index in [0.717, 1.165) is 17.8 Å². The minimum atomic E-state index is -0.0772. The van der Waals surface area contributed by atoms with E-state index in [1.54, 1.807) is 0 Å². The van der Waals surface area contributed by atoms with Crippen LogP contribution in [0.4, 0.5) is 11.4 Å². The Hall–Kier alpha value is -3.33. The Balaban J connectivity index is 1.48. The van der Waals surface area contributed by atoms with E-state index in [0.29, 0.717) is 17.4 Å². The lowest BCUT2D eigenvalue weighted by molar-refractivity contribution is 0.102. The maximum absolute atomic E-state index is 12.6. The molecule has 0 spiro atoms. The fraction of sp³-hybridized carbons (Fsp3) is 0.250. The second kappa shape index (κ2) is 7.73. The van der Waals surface area contributed by atoms with Crippen molar-refractivity contribution < 1.29 is 4.79 Å². The number of amides is 1. The number of allylic oxidation sites excluding steroid dienone is 2. The Labute approximate surface area is 184 Å². The highest BCUT2D eigenvalue weighted by atomic mass is 16.1. The van der Waals surface area contributed by atoms with Crippen molar-refractivity contribution >= 4 is 17.3 Å². The number of carbonyl (C=O) groups is 1. The molecule has 3 atom stereocenters. The van der Waals surface area contributed by atoms with Gasteiger partial charge in [0.2, 0.25) is 0 Å². The van der Waals surface area contributed by atoms with Crippen molar-refractivity contribution in [1.29, 1.82) is 0 Å². The third kappa shape index (κ3) is 3.54. The van der Waals surface area contributed by atoms with Crippen molar-refractivity contribution in [3.8, 4) is 0 Å². The van der Waals surface area contributed by atoms with Crippen LogP contribution in [0.15, 0.2) is 72.8 Å².